The summed E-state index contributed by atoms with van der Waals surface area (Å²) in [5, 5.41) is 48.6. The van der Waals surface area contributed by atoms with Crippen LogP contribution in [0.5, 0.6) is 5.75 Å². The van der Waals surface area contributed by atoms with Crippen LogP contribution in [0.1, 0.15) is 30.7 Å². The number of aromatic hydroxyl groups is 1. The van der Waals surface area contributed by atoms with Gasteiger partial charge in [0.2, 0.25) is 0 Å². The van der Waals surface area contributed by atoms with Gasteiger partial charge in [-0.3, -0.25) is 9.72 Å². The number of nitrogens with one attached hydrogen (secondary N) is 2. The molecule has 0 aliphatic heterocycles. The summed E-state index contributed by atoms with van der Waals surface area (Å²) in [6.45, 7) is 4.53. The number of anilines is 1. The lowest BCUT2D eigenvalue weighted by Gasteiger charge is -2.20. The number of nitriles is 1. The van der Waals surface area contributed by atoms with Gasteiger partial charge in [0, 0.05) is 56.0 Å². The number of benzene rings is 3. The molecule has 0 bridgehead atoms. The first-order valence-corrected chi connectivity index (χ1v) is 19.2. The lowest BCUT2D eigenvalue weighted by Crippen LogP contribution is -2.29. The van der Waals surface area contributed by atoms with E-state index >= 15 is 0 Å². The third-order valence-electron chi connectivity index (χ3n) is 7.99. The molecular formula is C37H36N8O3S3. The third-order valence-corrected chi connectivity index (χ3v) is 11.1. The molecule has 0 spiro atoms. The lowest BCUT2D eigenvalue weighted by atomic mass is 9.92. The minimum atomic E-state index is -0.419. The second-order valence-electron chi connectivity index (χ2n) is 12.2. The normalized spacial score (nSPS) is 11.4. The number of fused-ring (bicyclic) bond motifs is 1. The summed E-state index contributed by atoms with van der Waals surface area (Å²) in [7, 11) is 0. The van der Waals surface area contributed by atoms with Crippen molar-refractivity contribution in [3.8, 4) is 28.9 Å². The highest BCUT2D eigenvalue weighted by molar-refractivity contribution is 7.99. The summed E-state index contributed by atoms with van der Waals surface area (Å²) in [5.74, 6) is 2.42. The van der Waals surface area contributed by atoms with Gasteiger partial charge in [0.25, 0.3) is 0 Å². The number of thioether (sulfide) groups is 2. The number of amides is 2. The molecule has 0 aliphatic carbocycles. The molecule has 3 aromatic heterocycles. The molecule has 6 rings (SSSR count). The molecule has 260 valence electrons. The molecule has 0 saturated heterocycles. The van der Waals surface area contributed by atoms with Gasteiger partial charge in [0.1, 0.15) is 17.6 Å². The molecule has 11 nitrogen and oxygen atoms in total. The van der Waals surface area contributed by atoms with Gasteiger partial charge in [-0.15, -0.1) is 22.0 Å². The number of pyridine rings is 1. The van der Waals surface area contributed by atoms with E-state index in [4.69, 9.17) is 5.10 Å². The van der Waals surface area contributed by atoms with Crippen molar-refractivity contribution in [1.82, 2.24) is 29.7 Å². The van der Waals surface area contributed by atoms with Crippen molar-refractivity contribution >= 4 is 52.8 Å². The van der Waals surface area contributed by atoms with E-state index in [1.165, 1.54) is 6.07 Å². The fourth-order valence-corrected chi connectivity index (χ4v) is 8.07. The highest BCUT2D eigenvalue weighted by Gasteiger charge is 2.26. The van der Waals surface area contributed by atoms with Gasteiger partial charge in [0.15, 0.2) is 11.5 Å². The fourth-order valence-electron chi connectivity index (χ4n) is 5.44. The van der Waals surface area contributed by atoms with Gasteiger partial charge in [-0.1, -0.05) is 62.0 Å². The van der Waals surface area contributed by atoms with Crippen LogP contribution in [-0.2, 0) is 12.0 Å². The zero-order valence-electron chi connectivity index (χ0n) is 28.2. The van der Waals surface area contributed by atoms with E-state index < -0.39 is 6.03 Å². The molecule has 51 heavy (non-hydrogen) atoms. The standard InChI is InChI=1S/C37H36N8O3S3/c1-37(2,23-49-3)32-19-34(45(43-32)26-12-14-29(47)25(18-26)20-38)40-36(48)39-21-24-8-4-6-10-30(24)51-27-13-15-33-41-42-35(44(33)22-27)28-9-5-7-11-31(28)50-17-16-46/h4-15,18-19,22,46-47H,16-17,21,23H2,1-3H3,(H2,39,40,48). The Balaban J connectivity index is 1.21. The van der Waals surface area contributed by atoms with Crippen LogP contribution in [0.4, 0.5) is 10.6 Å². The average Bonchev–Trinajstić information content (AvgIpc) is 3.75. The smallest absolute Gasteiger partial charge is 0.320 e. The zero-order valence-corrected chi connectivity index (χ0v) is 30.6. The molecule has 0 aliphatic rings. The topological polar surface area (TPSA) is 153 Å². The molecule has 14 heteroatoms. The maximum atomic E-state index is 13.4. The number of carbonyl (C=O) groups excluding carboxylic acids is 1. The summed E-state index contributed by atoms with van der Waals surface area (Å²) in [5.41, 5.74) is 3.73. The van der Waals surface area contributed by atoms with Crippen molar-refractivity contribution < 1.29 is 15.0 Å². The van der Waals surface area contributed by atoms with Crippen LogP contribution in [0.25, 0.3) is 22.7 Å². The fraction of sp³-hybridized carbons (Fsp3) is 0.216. The van der Waals surface area contributed by atoms with Crippen LogP contribution in [0.3, 0.4) is 0 Å². The number of nitrogens with zero attached hydrogens (tertiary/aromatic N) is 6. The van der Waals surface area contributed by atoms with Crippen LogP contribution in [0, 0.1) is 11.3 Å². The summed E-state index contributed by atoms with van der Waals surface area (Å²) in [6.07, 6.45) is 4.05. The van der Waals surface area contributed by atoms with Gasteiger partial charge in [-0.2, -0.15) is 22.1 Å². The molecule has 0 radical (unpaired) electrons. The molecule has 4 N–H and O–H groups in total. The van der Waals surface area contributed by atoms with Crippen LogP contribution < -0.4 is 10.6 Å². The SMILES string of the molecule is CSCC(C)(C)c1cc(NC(=O)NCc2ccccc2Sc2ccc3nnc(-c4ccccc4SCCO)n3c2)n(-c2ccc(O)c(C#N)c2)n1. The average molecular weight is 737 g/mol. The van der Waals surface area contributed by atoms with Crippen molar-refractivity contribution in [1.29, 1.82) is 5.26 Å². The van der Waals surface area contributed by atoms with E-state index in [0.717, 1.165) is 48.7 Å². The number of hydrogen-bond donors (Lipinski definition) is 4. The number of aliphatic hydroxyl groups excluding tert-OH is 1. The number of phenolic OH excluding ortho intramolecular Hbond substituents is 1. The minimum Gasteiger partial charge on any atom is -0.507 e. The summed E-state index contributed by atoms with van der Waals surface area (Å²) < 4.78 is 3.56. The Morgan fingerprint density at radius 2 is 1.78 bits per heavy atom. The molecule has 0 atom stereocenters. The number of carbonyl (C=O) groups is 1. The van der Waals surface area contributed by atoms with Crippen molar-refractivity contribution in [3.63, 3.8) is 0 Å². The number of hydrogen-bond acceptors (Lipinski definition) is 10. The van der Waals surface area contributed by atoms with Crippen molar-refractivity contribution in [3.05, 3.63) is 108 Å². The largest absolute Gasteiger partial charge is 0.507 e. The first-order chi connectivity index (χ1) is 24.7. The molecule has 0 unspecified atom stereocenters. The highest BCUT2D eigenvalue weighted by atomic mass is 32.2. The first-order valence-electron chi connectivity index (χ1n) is 16.0. The predicted octanol–water partition coefficient (Wildman–Crippen LogP) is 7.36. The van der Waals surface area contributed by atoms with Gasteiger partial charge < -0.3 is 15.5 Å². The predicted molar refractivity (Wildman–Crippen MR) is 204 cm³/mol. The van der Waals surface area contributed by atoms with Crippen LogP contribution >= 0.6 is 35.3 Å². The van der Waals surface area contributed by atoms with Gasteiger partial charge in [-0.25, -0.2) is 9.48 Å². The quantitative estimate of drug-likeness (QED) is 0.0885. The minimum absolute atomic E-state index is 0.0859. The Bertz CT molecular complexity index is 2230. The van der Waals surface area contributed by atoms with E-state index in [1.807, 2.05) is 89.7 Å². The van der Waals surface area contributed by atoms with Crippen molar-refractivity contribution in [2.24, 2.45) is 0 Å². The number of phenols is 1. The molecular weight excluding hydrogens is 701 g/mol. The number of rotatable bonds is 13. The third kappa shape index (κ3) is 8.18. The second-order valence-corrected chi connectivity index (χ2v) is 15.3. The summed E-state index contributed by atoms with van der Waals surface area (Å²) in [4.78, 5) is 16.3. The van der Waals surface area contributed by atoms with Crippen LogP contribution in [-0.4, -0.2) is 65.0 Å². The zero-order chi connectivity index (χ0) is 36.0. The number of aromatic nitrogens is 5. The van der Waals surface area contributed by atoms with E-state index in [1.54, 1.807) is 52.1 Å². The maximum Gasteiger partial charge on any atom is 0.320 e. The Hall–Kier alpha value is -4.94. The van der Waals surface area contributed by atoms with E-state index in [0.29, 0.717) is 17.3 Å². The number of aliphatic hydroxyl groups is 1. The molecule has 3 heterocycles. The highest BCUT2D eigenvalue weighted by Crippen LogP contribution is 2.34. The second kappa shape index (κ2) is 15.9. The Morgan fingerprint density at radius 1 is 1.00 bits per heavy atom. The Labute approximate surface area is 308 Å². The molecule has 0 saturated carbocycles. The summed E-state index contributed by atoms with van der Waals surface area (Å²) >= 11 is 4.85. The molecule has 3 aromatic carbocycles. The van der Waals surface area contributed by atoms with Crippen molar-refractivity contribution in [2.45, 2.75) is 40.5 Å². The van der Waals surface area contributed by atoms with Crippen LogP contribution in [0.15, 0.2) is 106 Å². The van der Waals surface area contributed by atoms with E-state index in [2.05, 4.69) is 34.7 Å². The van der Waals surface area contributed by atoms with Gasteiger partial charge >= 0.3 is 6.03 Å². The molecule has 6 aromatic rings. The lowest BCUT2D eigenvalue weighted by molar-refractivity contribution is 0.251. The summed E-state index contributed by atoms with van der Waals surface area (Å²) in [6, 6.07) is 27.9. The Kier molecular flexibility index (Phi) is 11.2. The van der Waals surface area contributed by atoms with E-state index in [9.17, 15) is 20.3 Å². The first kappa shape index (κ1) is 35.9. The van der Waals surface area contributed by atoms with Crippen LogP contribution in [0.2, 0.25) is 0 Å². The van der Waals surface area contributed by atoms with Gasteiger partial charge in [0.05, 0.1) is 23.6 Å². The monoisotopic (exact) mass is 736 g/mol. The number of urea groups is 1. The van der Waals surface area contributed by atoms with E-state index in [-0.39, 0.29) is 29.9 Å². The Morgan fingerprint density at radius 3 is 2.57 bits per heavy atom. The maximum absolute atomic E-state index is 13.4. The van der Waals surface area contributed by atoms with Gasteiger partial charge in [-0.05, 0) is 54.3 Å². The molecule has 2 amide bonds. The van der Waals surface area contributed by atoms with Crippen molar-refractivity contribution in [2.75, 3.05) is 29.7 Å². The molecule has 0 fully saturated rings.